The van der Waals surface area contributed by atoms with E-state index in [1.807, 2.05) is 6.92 Å². The summed E-state index contributed by atoms with van der Waals surface area (Å²) in [4.78, 5) is 21.7. The standard InChI is InChI=1S/C11H17N3OS.C10H12F2N2O2/c1-3-14(6-7-16-2)10-8-9(11(12)15)4-5-13-10;1-6-5-9-8(13-7(2)14-9)3-4-15-10(11,12)16-6/h4-5,8H,3,6-7H2,1-2H3,(H2,12,15);3-5,8-9H,1-2H3,(H,13,14)/b;4-3+,6-5+. The zero-order valence-electron chi connectivity index (χ0n) is 18.5. The number of ether oxygens (including phenoxy) is 2. The van der Waals surface area contributed by atoms with Gasteiger partial charge < -0.3 is 25.4 Å². The van der Waals surface area contributed by atoms with Crippen LogP contribution in [0.1, 0.15) is 31.1 Å². The van der Waals surface area contributed by atoms with Crippen molar-refractivity contribution in [1.82, 2.24) is 10.3 Å². The first-order valence-corrected chi connectivity index (χ1v) is 11.4. The lowest BCUT2D eigenvalue weighted by Crippen LogP contribution is -2.31. The van der Waals surface area contributed by atoms with Gasteiger partial charge in [-0.1, -0.05) is 0 Å². The van der Waals surface area contributed by atoms with E-state index < -0.39 is 12.2 Å². The number of aliphatic imine (C=N–C) groups is 1. The summed E-state index contributed by atoms with van der Waals surface area (Å²) in [5, 5.41) is 3.05. The van der Waals surface area contributed by atoms with Gasteiger partial charge >= 0.3 is 6.29 Å². The minimum Gasteiger partial charge on any atom is -0.407 e. The number of rotatable bonds is 6. The van der Waals surface area contributed by atoms with Crippen LogP contribution in [0.25, 0.3) is 0 Å². The number of hydrogen-bond acceptors (Lipinski definition) is 8. The molecule has 8 nitrogen and oxygen atoms in total. The number of nitrogens with zero attached hydrogens (tertiary/aromatic N) is 3. The third-order valence-electron chi connectivity index (χ3n) is 4.56. The molecule has 1 aromatic heterocycles. The molecule has 0 aromatic carbocycles. The van der Waals surface area contributed by atoms with E-state index in [0.29, 0.717) is 5.56 Å². The Morgan fingerprint density at radius 3 is 2.81 bits per heavy atom. The minimum atomic E-state index is -3.63. The highest BCUT2D eigenvalue weighted by atomic mass is 32.2. The molecular weight excluding hydrogens is 440 g/mol. The molecule has 32 heavy (non-hydrogen) atoms. The Morgan fingerprint density at radius 1 is 1.41 bits per heavy atom. The fourth-order valence-electron chi connectivity index (χ4n) is 3.05. The van der Waals surface area contributed by atoms with Crippen LogP contribution in [0, 0.1) is 0 Å². The first kappa shape index (κ1) is 25.4. The zero-order valence-corrected chi connectivity index (χ0v) is 19.4. The van der Waals surface area contributed by atoms with Gasteiger partial charge in [-0.15, -0.1) is 8.78 Å². The number of carbonyl (C=O) groups is 1. The van der Waals surface area contributed by atoms with Gasteiger partial charge in [0, 0.05) is 30.6 Å². The molecule has 0 aliphatic carbocycles. The molecule has 176 valence electrons. The molecule has 2 unspecified atom stereocenters. The monoisotopic (exact) mass is 469 g/mol. The van der Waals surface area contributed by atoms with E-state index in [0.717, 1.165) is 36.8 Å². The summed E-state index contributed by atoms with van der Waals surface area (Å²) < 4.78 is 34.4. The summed E-state index contributed by atoms with van der Waals surface area (Å²) in [5.41, 5.74) is 5.74. The summed E-state index contributed by atoms with van der Waals surface area (Å²) >= 11 is 1.79. The second kappa shape index (κ2) is 11.7. The Labute approximate surface area is 190 Å². The number of aromatic nitrogens is 1. The average Bonchev–Trinajstić information content (AvgIpc) is 3.08. The predicted octanol–water partition coefficient (Wildman–Crippen LogP) is 3.13. The Hall–Kier alpha value is -2.82. The molecule has 3 rings (SSSR count). The number of nitrogens with one attached hydrogen (secondary N) is 1. The second-order valence-electron chi connectivity index (χ2n) is 7.00. The fourth-order valence-corrected chi connectivity index (χ4v) is 3.45. The number of anilines is 1. The maximum atomic E-state index is 12.9. The number of amides is 1. The van der Waals surface area contributed by atoms with E-state index in [2.05, 4.69) is 42.8 Å². The lowest BCUT2D eigenvalue weighted by Gasteiger charge is -2.21. The minimum absolute atomic E-state index is 0.0982. The zero-order chi connectivity index (χ0) is 23.7. The summed E-state index contributed by atoms with van der Waals surface area (Å²) in [7, 11) is 0. The van der Waals surface area contributed by atoms with Gasteiger partial charge in [0.05, 0.1) is 24.2 Å². The summed E-state index contributed by atoms with van der Waals surface area (Å²) in [6, 6.07) is 2.96. The predicted molar refractivity (Wildman–Crippen MR) is 123 cm³/mol. The van der Waals surface area contributed by atoms with Gasteiger partial charge in [0.1, 0.15) is 11.6 Å². The van der Waals surface area contributed by atoms with E-state index in [9.17, 15) is 13.6 Å². The lowest BCUT2D eigenvalue weighted by atomic mass is 10.1. The quantitative estimate of drug-likeness (QED) is 0.660. The molecule has 1 aromatic rings. The van der Waals surface area contributed by atoms with E-state index in [4.69, 9.17) is 5.73 Å². The molecular formula is C21H29F2N5O3S. The molecule has 0 spiro atoms. The molecule has 0 saturated heterocycles. The molecule has 3 heterocycles. The molecule has 0 radical (unpaired) electrons. The number of carbonyl (C=O) groups excluding carboxylic acids is 1. The number of fused-ring (bicyclic) bond motifs is 1. The van der Waals surface area contributed by atoms with Gasteiger partial charge in [-0.05, 0) is 51.3 Å². The van der Waals surface area contributed by atoms with Crippen LogP contribution in [0.4, 0.5) is 14.6 Å². The van der Waals surface area contributed by atoms with Gasteiger partial charge in [0.25, 0.3) is 0 Å². The highest BCUT2D eigenvalue weighted by molar-refractivity contribution is 7.98. The number of thioether (sulfide) groups is 1. The van der Waals surface area contributed by atoms with Crippen molar-refractivity contribution >= 4 is 29.3 Å². The van der Waals surface area contributed by atoms with E-state index in [1.165, 1.54) is 13.0 Å². The molecule has 2 aliphatic rings. The molecule has 3 N–H and O–H groups in total. The van der Waals surface area contributed by atoms with Crippen LogP contribution < -0.4 is 16.0 Å². The Bertz CT molecular complexity index is 879. The fraction of sp³-hybridized carbons (Fsp3) is 0.476. The molecule has 0 fully saturated rings. The maximum Gasteiger partial charge on any atom is 0.585 e. The topological polar surface area (TPSA) is 102 Å². The van der Waals surface area contributed by atoms with Crippen LogP contribution >= 0.6 is 11.8 Å². The van der Waals surface area contributed by atoms with Crippen molar-refractivity contribution in [2.45, 2.75) is 39.1 Å². The van der Waals surface area contributed by atoms with Gasteiger partial charge in [0.15, 0.2) is 0 Å². The molecule has 2 atom stereocenters. The van der Waals surface area contributed by atoms with Crippen molar-refractivity contribution < 1.29 is 23.0 Å². The summed E-state index contributed by atoms with van der Waals surface area (Å²) in [6.45, 7) is 7.13. The smallest absolute Gasteiger partial charge is 0.407 e. The van der Waals surface area contributed by atoms with Gasteiger partial charge in [-0.25, -0.2) is 4.98 Å². The Kier molecular flexibility index (Phi) is 9.30. The number of allylic oxidation sites excluding steroid dienone is 1. The Balaban J connectivity index is 0.000000227. The first-order chi connectivity index (χ1) is 15.1. The van der Waals surface area contributed by atoms with Crippen molar-refractivity contribution in [3.63, 3.8) is 0 Å². The average molecular weight is 470 g/mol. The second-order valence-corrected chi connectivity index (χ2v) is 7.99. The van der Waals surface area contributed by atoms with Crippen molar-refractivity contribution in [2.24, 2.45) is 10.7 Å². The first-order valence-electron chi connectivity index (χ1n) is 10.1. The normalized spacial score (nSPS) is 23.6. The number of alkyl halides is 2. The number of amidine groups is 1. The van der Waals surface area contributed by atoms with E-state index >= 15 is 0 Å². The van der Waals surface area contributed by atoms with Crippen molar-refractivity contribution in [3.05, 3.63) is 48.1 Å². The van der Waals surface area contributed by atoms with Crippen LogP contribution in [0.5, 0.6) is 0 Å². The van der Waals surface area contributed by atoms with Gasteiger partial charge in [-0.3, -0.25) is 9.79 Å². The largest absolute Gasteiger partial charge is 0.585 e. The third kappa shape index (κ3) is 7.70. The SMILES string of the molecule is CC1=NC2/C=C/OC(F)(F)O/C(C)=C/C2N1.CCN(CCSC)c1cc(C(N)=O)ccn1. The van der Waals surface area contributed by atoms with E-state index in [-0.39, 0.29) is 17.8 Å². The van der Waals surface area contributed by atoms with Crippen molar-refractivity contribution in [1.29, 1.82) is 0 Å². The van der Waals surface area contributed by atoms with Crippen molar-refractivity contribution in [2.75, 3.05) is 30.0 Å². The van der Waals surface area contributed by atoms with Crippen LogP contribution in [0.2, 0.25) is 0 Å². The van der Waals surface area contributed by atoms with Gasteiger partial charge in [-0.2, -0.15) is 11.8 Å². The molecule has 2 aliphatic heterocycles. The molecule has 0 saturated carbocycles. The van der Waals surface area contributed by atoms with Gasteiger partial charge in [0.2, 0.25) is 5.91 Å². The third-order valence-corrected chi connectivity index (χ3v) is 5.15. The van der Waals surface area contributed by atoms with E-state index in [1.54, 1.807) is 36.2 Å². The summed E-state index contributed by atoms with van der Waals surface area (Å²) in [6.07, 6.45) is 4.03. The maximum absolute atomic E-state index is 12.9. The Morgan fingerprint density at radius 2 is 2.16 bits per heavy atom. The molecule has 0 bridgehead atoms. The highest BCUT2D eigenvalue weighted by Gasteiger charge is 2.36. The molecule has 11 heteroatoms. The van der Waals surface area contributed by atoms with Crippen LogP contribution in [0.15, 0.2) is 47.5 Å². The lowest BCUT2D eigenvalue weighted by molar-refractivity contribution is -0.356. The number of pyridine rings is 1. The summed E-state index contributed by atoms with van der Waals surface area (Å²) in [5.74, 6) is 2.30. The highest BCUT2D eigenvalue weighted by Crippen LogP contribution is 2.24. The molecule has 1 amide bonds. The number of nitrogens with two attached hydrogens (primary N) is 1. The number of halogens is 2. The number of hydrogen-bond donors (Lipinski definition) is 2. The van der Waals surface area contributed by atoms with Crippen molar-refractivity contribution in [3.8, 4) is 0 Å². The van der Waals surface area contributed by atoms with Crippen LogP contribution in [-0.2, 0) is 9.47 Å². The number of primary amides is 1. The van der Waals surface area contributed by atoms with Crippen LogP contribution in [-0.4, -0.2) is 60.2 Å². The van der Waals surface area contributed by atoms with Crippen LogP contribution in [0.3, 0.4) is 0 Å².